The third-order valence-corrected chi connectivity index (χ3v) is 1.77. The fourth-order valence-electron chi connectivity index (χ4n) is 1.22. The van der Waals surface area contributed by atoms with Gasteiger partial charge in [0.2, 0.25) is 11.9 Å². The van der Waals surface area contributed by atoms with Gasteiger partial charge in [0.1, 0.15) is 5.52 Å². The summed E-state index contributed by atoms with van der Waals surface area (Å²) in [4.78, 5) is 22.0. The van der Waals surface area contributed by atoms with Gasteiger partial charge in [-0.15, -0.1) is 0 Å². The molecule has 2 rings (SSSR count). The lowest BCUT2D eigenvalue weighted by atomic mass is 10.3. The molecule has 5 heteroatoms. The van der Waals surface area contributed by atoms with Crippen LogP contribution in [0.4, 0.5) is 5.95 Å². The molecule has 0 atom stereocenters. The summed E-state index contributed by atoms with van der Waals surface area (Å²) in [6, 6.07) is 1.91. The van der Waals surface area contributed by atoms with Crippen LogP contribution in [0.5, 0.6) is 0 Å². The van der Waals surface area contributed by atoms with E-state index in [1.807, 2.05) is 13.0 Å². The van der Waals surface area contributed by atoms with E-state index >= 15 is 0 Å². The molecule has 5 nitrogen and oxygen atoms in total. The van der Waals surface area contributed by atoms with Crippen LogP contribution in [-0.2, 0) is 4.79 Å². The van der Waals surface area contributed by atoms with Gasteiger partial charge in [-0.2, -0.15) is 0 Å². The lowest BCUT2D eigenvalue weighted by molar-refractivity contribution is -0.114. The number of H-pyrrole nitrogens is 1. The van der Waals surface area contributed by atoms with Crippen LogP contribution in [0.2, 0.25) is 0 Å². The molecule has 0 aliphatic heterocycles. The lowest BCUT2D eigenvalue weighted by Crippen LogP contribution is -2.06. The van der Waals surface area contributed by atoms with E-state index in [9.17, 15) is 4.79 Å². The van der Waals surface area contributed by atoms with Crippen LogP contribution in [0.3, 0.4) is 0 Å². The van der Waals surface area contributed by atoms with Crippen LogP contribution in [0.15, 0.2) is 12.3 Å². The molecule has 0 saturated heterocycles. The number of carbonyl (C=O) groups excluding carboxylic acids is 1. The number of pyridine rings is 1. The minimum absolute atomic E-state index is 0.152. The first-order valence-electron chi connectivity index (χ1n) is 4.25. The van der Waals surface area contributed by atoms with E-state index in [4.69, 9.17) is 0 Å². The number of hydrogen-bond acceptors (Lipinski definition) is 3. The zero-order valence-corrected chi connectivity index (χ0v) is 7.96. The number of imidazole rings is 1. The van der Waals surface area contributed by atoms with Crippen molar-refractivity contribution in [3.8, 4) is 0 Å². The summed E-state index contributed by atoms with van der Waals surface area (Å²) in [5.41, 5.74) is 2.48. The topological polar surface area (TPSA) is 70.7 Å². The van der Waals surface area contributed by atoms with E-state index in [0.717, 1.165) is 11.1 Å². The van der Waals surface area contributed by atoms with Crippen LogP contribution >= 0.6 is 0 Å². The minimum atomic E-state index is -0.152. The highest BCUT2D eigenvalue weighted by Gasteiger charge is 2.04. The second kappa shape index (κ2) is 3.10. The van der Waals surface area contributed by atoms with Crippen LogP contribution in [0.1, 0.15) is 12.5 Å². The van der Waals surface area contributed by atoms with Crippen LogP contribution in [0, 0.1) is 6.92 Å². The van der Waals surface area contributed by atoms with Gasteiger partial charge in [0.25, 0.3) is 0 Å². The van der Waals surface area contributed by atoms with Gasteiger partial charge in [0.05, 0.1) is 0 Å². The maximum atomic E-state index is 10.8. The molecule has 0 saturated carbocycles. The Hall–Kier alpha value is -1.91. The Kier molecular flexibility index (Phi) is 1.92. The maximum Gasteiger partial charge on any atom is 0.223 e. The molecule has 0 aliphatic rings. The summed E-state index contributed by atoms with van der Waals surface area (Å²) < 4.78 is 0. The highest BCUT2D eigenvalue weighted by atomic mass is 16.1. The van der Waals surface area contributed by atoms with Crippen LogP contribution in [-0.4, -0.2) is 20.9 Å². The number of carbonyl (C=O) groups is 1. The van der Waals surface area contributed by atoms with Crippen molar-refractivity contribution in [1.29, 1.82) is 0 Å². The van der Waals surface area contributed by atoms with Crippen LogP contribution < -0.4 is 5.32 Å². The second-order valence-corrected chi connectivity index (χ2v) is 3.15. The zero-order valence-electron chi connectivity index (χ0n) is 7.96. The minimum Gasteiger partial charge on any atom is -0.308 e. The van der Waals surface area contributed by atoms with Gasteiger partial charge in [-0.1, -0.05) is 0 Å². The number of aromatic amines is 1. The van der Waals surface area contributed by atoms with Crippen molar-refractivity contribution in [1.82, 2.24) is 15.0 Å². The summed E-state index contributed by atoms with van der Waals surface area (Å²) >= 11 is 0. The molecule has 0 bridgehead atoms. The summed E-state index contributed by atoms with van der Waals surface area (Å²) in [6.45, 7) is 3.38. The van der Waals surface area contributed by atoms with Crippen molar-refractivity contribution in [2.45, 2.75) is 13.8 Å². The predicted molar refractivity (Wildman–Crippen MR) is 52.9 cm³/mol. The smallest absolute Gasteiger partial charge is 0.223 e. The molecule has 2 heterocycles. The molecule has 2 N–H and O–H groups in total. The van der Waals surface area contributed by atoms with Gasteiger partial charge in [0.15, 0.2) is 5.65 Å². The SMILES string of the molecule is CC(=O)Nc1nc2cc(C)cnc2[nH]1. The molecule has 0 spiro atoms. The maximum absolute atomic E-state index is 10.8. The van der Waals surface area contributed by atoms with Crippen molar-refractivity contribution in [2.24, 2.45) is 0 Å². The molecular weight excluding hydrogens is 180 g/mol. The van der Waals surface area contributed by atoms with Gasteiger partial charge >= 0.3 is 0 Å². The molecule has 0 radical (unpaired) electrons. The van der Waals surface area contributed by atoms with Crippen LogP contribution in [0.25, 0.3) is 11.2 Å². The first-order chi connectivity index (χ1) is 6.65. The molecule has 0 unspecified atom stereocenters. The van der Waals surface area contributed by atoms with Gasteiger partial charge in [-0.3, -0.25) is 10.1 Å². The molecule has 72 valence electrons. The summed E-state index contributed by atoms with van der Waals surface area (Å²) in [7, 11) is 0. The summed E-state index contributed by atoms with van der Waals surface area (Å²) in [6.07, 6.45) is 1.75. The zero-order chi connectivity index (χ0) is 10.1. The van der Waals surface area contributed by atoms with Gasteiger partial charge < -0.3 is 4.98 Å². The Morgan fingerprint density at radius 1 is 1.57 bits per heavy atom. The molecule has 0 aliphatic carbocycles. The normalized spacial score (nSPS) is 10.4. The average molecular weight is 190 g/mol. The van der Waals surface area contributed by atoms with E-state index in [0.29, 0.717) is 11.6 Å². The average Bonchev–Trinajstić information content (AvgIpc) is 2.44. The second-order valence-electron chi connectivity index (χ2n) is 3.15. The van der Waals surface area contributed by atoms with E-state index in [2.05, 4.69) is 20.3 Å². The first kappa shape index (κ1) is 8.68. The number of anilines is 1. The number of hydrogen-bond donors (Lipinski definition) is 2. The molecule has 1 amide bonds. The summed E-state index contributed by atoms with van der Waals surface area (Å²) in [5.74, 6) is 0.284. The lowest BCUT2D eigenvalue weighted by Gasteiger charge is -1.92. The Bertz CT molecular complexity index is 489. The monoisotopic (exact) mass is 190 g/mol. The molecular formula is C9H10N4O. The van der Waals surface area contributed by atoms with Crippen molar-refractivity contribution in [3.05, 3.63) is 17.8 Å². The highest BCUT2D eigenvalue weighted by Crippen LogP contribution is 2.12. The van der Waals surface area contributed by atoms with Gasteiger partial charge in [-0.05, 0) is 18.6 Å². The largest absolute Gasteiger partial charge is 0.308 e. The van der Waals surface area contributed by atoms with Crippen molar-refractivity contribution in [3.63, 3.8) is 0 Å². The molecule has 2 aromatic heterocycles. The Labute approximate surface area is 80.6 Å². The molecule has 0 fully saturated rings. The fourth-order valence-corrected chi connectivity index (χ4v) is 1.22. The number of aryl methyl sites for hydroxylation is 1. The third kappa shape index (κ3) is 1.56. The highest BCUT2D eigenvalue weighted by molar-refractivity contribution is 5.88. The Morgan fingerprint density at radius 2 is 2.36 bits per heavy atom. The summed E-state index contributed by atoms with van der Waals surface area (Å²) in [5, 5.41) is 2.57. The molecule has 2 aromatic rings. The standard InChI is InChI=1S/C9H10N4O/c1-5-3-7-8(10-4-5)13-9(12-7)11-6(2)14/h3-4H,1-2H3,(H2,10,11,12,13,14). The Balaban J connectivity index is 2.46. The van der Waals surface area contributed by atoms with Crippen molar-refractivity contribution in [2.75, 3.05) is 5.32 Å². The predicted octanol–water partition coefficient (Wildman–Crippen LogP) is 1.22. The number of nitrogens with one attached hydrogen (secondary N) is 2. The van der Waals surface area contributed by atoms with E-state index in [1.165, 1.54) is 6.92 Å². The van der Waals surface area contributed by atoms with E-state index in [1.54, 1.807) is 6.20 Å². The van der Waals surface area contributed by atoms with Crippen molar-refractivity contribution < 1.29 is 4.79 Å². The number of amides is 1. The van der Waals surface area contributed by atoms with Gasteiger partial charge in [-0.25, -0.2) is 9.97 Å². The van der Waals surface area contributed by atoms with E-state index < -0.39 is 0 Å². The Morgan fingerprint density at radius 3 is 3.07 bits per heavy atom. The fraction of sp³-hybridized carbons (Fsp3) is 0.222. The van der Waals surface area contributed by atoms with Gasteiger partial charge in [0, 0.05) is 13.1 Å². The molecule has 14 heavy (non-hydrogen) atoms. The first-order valence-corrected chi connectivity index (χ1v) is 4.25. The number of rotatable bonds is 1. The van der Waals surface area contributed by atoms with Crippen molar-refractivity contribution >= 4 is 23.0 Å². The van der Waals surface area contributed by atoms with E-state index in [-0.39, 0.29) is 5.91 Å². The number of fused-ring (bicyclic) bond motifs is 1. The third-order valence-electron chi connectivity index (χ3n) is 1.77. The molecule has 0 aromatic carbocycles. The number of aromatic nitrogens is 3. The number of nitrogens with zero attached hydrogens (tertiary/aromatic N) is 2. The quantitative estimate of drug-likeness (QED) is 0.710.